The molecule has 1 fully saturated rings. The van der Waals surface area contributed by atoms with Crippen LogP contribution in [0, 0.1) is 11.7 Å². The molecule has 1 heterocycles. The molecule has 1 saturated heterocycles. The molecule has 18 heavy (non-hydrogen) atoms. The summed E-state index contributed by atoms with van der Waals surface area (Å²) in [5.41, 5.74) is 0.797. The summed E-state index contributed by atoms with van der Waals surface area (Å²) < 4.78 is 13.5. The van der Waals surface area contributed by atoms with Crippen LogP contribution in [0.2, 0.25) is 0 Å². The third-order valence-electron chi connectivity index (χ3n) is 3.78. The first-order valence-corrected chi connectivity index (χ1v) is 6.88. The van der Waals surface area contributed by atoms with Gasteiger partial charge in [-0.05, 0) is 57.9 Å². The van der Waals surface area contributed by atoms with Crippen molar-refractivity contribution in [1.29, 1.82) is 0 Å². The predicted octanol–water partition coefficient (Wildman–Crippen LogP) is 2.65. The van der Waals surface area contributed by atoms with Crippen LogP contribution in [0.3, 0.4) is 0 Å². The van der Waals surface area contributed by atoms with E-state index in [0.717, 1.165) is 31.1 Å². The second-order valence-corrected chi connectivity index (χ2v) is 5.31. The number of halogens is 1. The fraction of sp³-hybridized carbons (Fsp3) is 0.600. The first-order chi connectivity index (χ1) is 8.75. The van der Waals surface area contributed by atoms with E-state index in [1.54, 1.807) is 6.07 Å². The number of nitrogens with zero attached hydrogens (tertiary/aromatic N) is 1. The maximum absolute atomic E-state index is 13.5. The lowest BCUT2D eigenvalue weighted by Gasteiger charge is -2.25. The van der Waals surface area contributed by atoms with E-state index >= 15 is 0 Å². The Labute approximate surface area is 109 Å². The molecule has 0 bridgehead atoms. The van der Waals surface area contributed by atoms with Crippen LogP contribution in [0.1, 0.15) is 24.8 Å². The molecule has 0 unspecified atom stereocenters. The van der Waals surface area contributed by atoms with Gasteiger partial charge in [0.25, 0.3) is 0 Å². The molecule has 0 saturated carbocycles. The highest BCUT2D eigenvalue weighted by Gasteiger charge is 2.13. The summed E-state index contributed by atoms with van der Waals surface area (Å²) in [5, 5.41) is 3.39. The maximum Gasteiger partial charge on any atom is 0.127 e. The zero-order chi connectivity index (χ0) is 12.8. The van der Waals surface area contributed by atoms with Crippen LogP contribution in [0.5, 0.6) is 0 Å². The zero-order valence-corrected chi connectivity index (χ0v) is 11.2. The summed E-state index contributed by atoms with van der Waals surface area (Å²) in [6, 6.07) is 7.05. The van der Waals surface area contributed by atoms with Crippen LogP contribution in [0.15, 0.2) is 24.3 Å². The number of hydrogen-bond donors (Lipinski definition) is 1. The highest BCUT2D eigenvalue weighted by atomic mass is 19.1. The first-order valence-electron chi connectivity index (χ1n) is 6.88. The van der Waals surface area contributed by atoms with Gasteiger partial charge in [-0.25, -0.2) is 4.39 Å². The molecule has 0 aromatic heterocycles. The molecular weight excluding hydrogens is 227 g/mol. The smallest absolute Gasteiger partial charge is 0.127 e. The maximum atomic E-state index is 13.5. The van der Waals surface area contributed by atoms with Crippen molar-refractivity contribution in [2.75, 3.05) is 26.7 Å². The zero-order valence-electron chi connectivity index (χ0n) is 11.2. The molecule has 1 aliphatic rings. The van der Waals surface area contributed by atoms with E-state index in [2.05, 4.69) is 17.3 Å². The summed E-state index contributed by atoms with van der Waals surface area (Å²) in [6.45, 7) is 4.07. The van der Waals surface area contributed by atoms with Gasteiger partial charge >= 0.3 is 0 Å². The van der Waals surface area contributed by atoms with E-state index in [9.17, 15) is 4.39 Å². The summed E-state index contributed by atoms with van der Waals surface area (Å²) in [5.74, 6) is 0.750. The molecule has 3 heteroatoms. The van der Waals surface area contributed by atoms with Gasteiger partial charge in [0.1, 0.15) is 5.82 Å². The van der Waals surface area contributed by atoms with Gasteiger partial charge < -0.3 is 10.2 Å². The van der Waals surface area contributed by atoms with Crippen molar-refractivity contribution in [1.82, 2.24) is 10.2 Å². The van der Waals surface area contributed by atoms with Crippen molar-refractivity contribution in [2.45, 2.75) is 25.8 Å². The lowest BCUT2D eigenvalue weighted by molar-refractivity contribution is 0.263. The predicted molar refractivity (Wildman–Crippen MR) is 72.9 cm³/mol. The lowest BCUT2D eigenvalue weighted by Crippen LogP contribution is -2.30. The van der Waals surface area contributed by atoms with Gasteiger partial charge in [-0.2, -0.15) is 0 Å². The minimum atomic E-state index is -0.0915. The third-order valence-corrected chi connectivity index (χ3v) is 3.78. The highest BCUT2D eigenvalue weighted by molar-refractivity contribution is 5.16. The fourth-order valence-corrected chi connectivity index (χ4v) is 2.57. The number of benzene rings is 1. The van der Waals surface area contributed by atoms with Crippen LogP contribution < -0.4 is 5.32 Å². The Morgan fingerprint density at radius 2 is 2.00 bits per heavy atom. The van der Waals surface area contributed by atoms with Gasteiger partial charge in [0.2, 0.25) is 0 Å². The Balaban J connectivity index is 1.74. The molecular formula is C15H23FN2. The second kappa shape index (κ2) is 6.86. The van der Waals surface area contributed by atoms with Gasteiger partial charge in [0.05, 0.1) is 0 Å². The Bertz CT molecular complexity index is 361. The molecule has 0 amide bonds. The Morgan fingerprint density at radius 3 is 2.72 bits per heavy atom. The molecule has 1 aromatic carbocycles. The number of hydrogen-bond acceptors (Lipinski definition) is 2. The molecule has 0 radical (unpaired) electrons. The average Bonchev–Trinajstić information content (AvgIpc) is 2.40. The van der Waals surface area contributed by atoms with Crippen LogP contribution >= 0.6 is 0 Å². The average molecular weight is 250 g/mol. The van der Waals surface area contributed by atoms with E-state index in [4.69, 9.17) is 0 Å². The SMILES string of the molecule is CN(CCC1CCNCC1)Cc1ccccc1F. The van der Waals surface area contributed by atoms with E-state index < -0.39 is 0 Å². The van der Waals surface area contributed by atoms with E-state index in [-0.39, 0.29) is 5.82 Å². The Kier molecular flexibility index (Phi) is 5.14. The van der Waals surface area contributed by atoms with Gasteiger partial charge in [-0.1, -0.05) is 18.2 Å². The fourth-order valence-electron chi connectivity index (χ4n) is 2.57. The van der Waals surface area contributed by atoms with Gasteiger partial charge in [-0.3, -0.25) is 0 Å². The summed E-state index contributed by atoms with van der Waals surface area (Å²) >= 11 is 0. The van der Waals surface area contributed by atoms with Crippen molar-refractivity contribution in [3.05, 3.63) is 35.6 Å². The monoisotopic (exact) mass is 250 g/mol. The number of rotatable bonds is 5. The van der Waals surface area contributed by atoms with E-state index in [1.165, 1.54) is 25.3 Å². The van der Waals surface area contributed by atoms with Crippen LogP contribution in [-0.2, 0) is 6.54 Å². The molecule has 0 aliphatic carbocycles. The van der Waals surface area contributed by atoms with Crippen LogP contribution in [0.25, 0.3) is 0 Å². The normalized spacial score (nSPS) is 17.3. The van der Waals surface area contributed by atoms with Crippen molar-refractivity contribution < 1.29 is 4.39 Å². The topological polar surface area (TPSA) is 15.3 Å². The summed E-state index contributed by atoms with van der Waals surface area (Å²) in [7, 11) is 2.08. The highest BCUT2D eigenvalue weighted by Crippen LogP contribution is 2.17. The first kappa shape index (κ1) is 13.5. The van der Waals surface area contributed by atoms with Crippen molar-refractivity contribution >= 4 is 0 Å². The van der Waals surface area contributed by atoms with Gasteiger partial charge in [0, 0.05) is 12.1 Å². The number of nitrogens with one attached hydrogen (secondary N) is 1. The summed E-state index contributed by atoms with van der Waals surface area (Å²) in [4.78, 5) is 2.22. The van der Waals surface area contributed by atoms with Gasteiger partial charge in [-0.15, -0.1) is 0 Å². The lowest BCUT2D eigenvalue weighted by atomic mass is 9.94. The molecule has 2 nitrogen and oxygen atoms in total. The Hall–Kier alpha value is -0.930. The summed E-state index contributed by atoms with van der Waals surface area (Å²) in [6.07, 6.45) is 3.80. The van der Waals surface area contributed by atoms with Crippen molar-refractivity contribution in [3.8, 4) is 0 Å². The van der Waals surface area contributed by atoms with Gasteiger partial charge in [0.15, 0.2) is 0 Å². The minimum Gasteiger partial charge on any atom is -0.317 e. The largest absolute Gasteiger partial charge is 0.317 e. The van der Waals surface area contributed by atoms with Crippen molar-refractivity contribution in [3.63, 3.8) is 0 Å². The van der Waals surface area contributed by atoms with Crippen molar-refractivity contribution in [2.24, 2.45) is 5.92 Å². The van der Waals surface area contributed by atoms with Crippen LogP contribution in [0.4, 0.5) is 4.39 Å². The molecule has 1 aromatic rings. The Morgan fingerprint density at radius 1 is 1.28 bits per heavy atom. The minimum absolute atomic E-state index is 0.0915. The van der Waals surface area contributed by atoms with E-state index in [1.807, 2.05) is 12.1 Å². The third kappa shape index (κ3) is 4.07. The van der Waals surface area contributed by atoms with Crippen LogP contribution in [-0.4, -0.2) is 31.6 Å². The molecule has 100 valence electrons. The van der Waals surface area contributed by atoms with E-state index in [0.29, 0.717) is 6.54 Å². The number of piperidine rings is 1. The molecule has 2 rings (SSSR count). The second-order valence-electron chi connectivity index (χ2n) is 5.31. The molecule has 1 aliphatic heterocycles. The quantitative estimate of drug-likeness (QED) is 0.864. The molecule has 0 atom stereocenters. The molecule has 1 N–H and O–H groups in total. The molecule has 0 spiro atoms. The standard InChI is InChI=1S/C15H23FN2/c1-18(11-8-13-6-9-17-10-7-13)12-14-4-2-3-5-15(14)16/h2-5,13,17H,6-12H2,1H3.